The van der Waals surface area contributed by atoms with E-state index in [1.54, 1.807) is 0 Å². The highest BCUT2D eigenvalue weighted by Crippen LogP contribution is 2.29. The predicted molar refractivity (Wildman–Crippen MR) is 84.2 cm³/mol. The van der Waals surface area contributed by atoms with E-state index < -0.39 is 0 Å². The number of hydrogen-bond donors (Lipinski definition) is 0. The van der Waals surface area contributed by atoms with Crippen molar-refractivity contribution >= 4 is 27.7 Å². The molecule has 3 rings (SSSR count). The van der Waals surface area contributed by atoms with Crippen LogP contribution in [0.2, 0.25) is 0 Å². The largest absolute Gasteiger partial charge is 0.456 e. The normalized spacial score (nSPS) is 10.7. The second kappa shape index (κ2) is 5.91. The molecule has 0 fully saturated rings. The van der Waals surface area contributed by atoms with Gasteiger partial charge >= 0.3 is 0 Å². The van der Waals surface area contributed by atoms with E-state index in [-0.39, 0.29) is 11.7 Å². The molecule has 2 nitrogen and oxygen atoms in total. The van der Waals surface area contributed by atoms with Crippen LogP contribution in [0.1, 0.15) is 38.1 Å². The van der Waals surface area contributed by atoms with E-state index in [9.17, 15) is 4.79 Å². The monoisotopic (exact) mass is 268 g/mol. The predicted octanol–water partition coefficient (Wildman–Crippen LogP) is 5.45. The number of benzene rings is 2. The van der Waals surface area contributed by atoms with Crippen LogP contribution in [0.4, 0.5) is 0 Å². The van der Waals surface area contributed by atoms with Gasteiger partial charge in [0, 0.05) is 22.3 Å². The molecule has 0 N–H and O–H groups in total. The molecule has 0 aliphatic carbocycles. The van der Waals surface area contributed by atoms with E-state index in [1.165, 1.54) is 0 Å². The Hall–Kier alpha value is -2.09. The summed E-state index contributed by atoms with van der Waals surface area (Å²) in [5.41, 5.74) is 2.45. The maximum atomic E-state index is 12.0. The topological polar surface area (TPSA) is 30.2 Å². The minimum Gasteiger partial charge on any atom is -0.456 e. The van der Waals surface area contributed by atoms with Gasteiger partial charge in [-0.2, -0.15) is 0 Å². The van der Waals surface area contributed by atoms with Crippen LogP contribution >= 0.6 is 0 Å². The van der Waals surface area contributed by atoms with E-state index >= 15 is 0 Å². The lowest BCUT2D eigenvalue weighted by Crippen LogP contribution is -2.06. The molecule has 0 radical (unpaired) electrons. The quantitative estimate of drug-likeness (QED) is 0.578. The SMILES string of the molecule is CC.CC(C)C(=O)c1ccc2oc3ccccc3c2c1. The minimum absolute atomic E-state index is 0.0145. The first-order valence-corrected chi connectivity index (χ1v) is 7.12. The van der Waals surface area contributed by atoms with E-state index in [4.69, 9.17) is 4.42 Å². The van der Waals surface area contributed by atoms with Crippen molar-refractivity contribution in [3.8, 4) is 0 Å². The lowest BCUT2D eigenvalue weighted by Gasteiger charge is -2.03. The number of Topliss-reactive ketones (excluding diaryl/α,β-unsaturated/α-hetero) is 1. The zero-order valence-electron chi connectivity index (χ0n) is 12.4. The van der Waals surface area contributed by atoms with E-state index in [0.29, 0.717) is 0 Å². The van der Waals surface area contributed by atoms with E-state index in [0.717, 1.165) is 27.5 Å². The Bertz CT molecular complexity index is 735. The number of ketones is 1. The number of hydrogen-bond acceptors (Lipinski definition) is 2. The fourth-order valence-electron chi connectivity index (χ4n) is 2.21. The first-order chi connectivity index (χ1) is 9.66. The molecule has 1 heterocycles. The smallest absolute Gasteiger partial charge is 0.165 e. The summed E-state index contributed by atoms with van der Waals surface area (Å²) in [6, 6.07) is 13.5. The summed E-state index contributed by atoms with van der Waals surface area (Å²) in [7, 11) is 0. The van der Waals surface area contributed by atoms with Crippen LogP contribution in [0.3, 0.4) is 0 Å². The molecule has 2 heteroatoms. The molecule has 0 atom stereocenters. The fourth-order valence-corrected chi connectivity index (χ4v) is 2.21. The standard InChI is InChI=1S/C16H14O2.C2H6/c1-10(2)16(17)11-7-8-15-13(9-11)12-5-3-4-6-14(12)18-15;1-2/h3-10H,1-2H3;1-2H3. The van der Waals surface area contributed by atoms with Crippen LogP contribution in [0.25, 0.3) is 21.9 Å². The summed E-state index contributed by atoms with van der Waals surface area (Å²) in [6.45, 7) is 7.83. The summed E-state index contributed by atoms with van der Waals surface area (Å²) in [4.78, 5) is 12.0. The van der Waals surface area contributed by atoms with Crippen molar-refractivity contribution in [1.82, 2.24) is 0 Å². The van der Waals surface area contributed by atoms with Crippen molar-refractivity contribution in [3.05, 3.63) is 48.0 Å². The summed E-state index contributed by atoms with van der Waals surface area (Å²) < 4.78 is 5.74. The molecule has 104 valence electrons. The van der Waals surface area contributed by atoms with Crippen LogP contribution in [0, 0.1) is 5.92 Å². The van der Waals surface area contributed by atoms with Gasteiger partial charge in [-0.25, -0.2) is 0 Å². The molecule has 0 unspecified atom stereocenters. The second-order valence-corrected chi connectivity index (χ2v) is 4.83. The maximum absolute atomic E-state index is 12.0. The molecule has 20 heavy (non-hydrogen) atoms. The van der Waals surface area contributed by atoms with Gasteiger partial charge in [0.25, 0.3) is 0 Å². The molecule has 0 saturated carbocycles. The van der Waals surface area contributed by atoms with Crippen molar-refractivity contribution in [2.75, 3.05) is 0 Å². The molecule has 1 aromatic heterocycles. The van der Waals surface area contributed by atoms with Crippen LogP contribution in [-0.2, 0) is 0 Å². The molecule has 0 saturated heterocycles. The van der Waals surface area contributed by atoms with E-state index in [2.05, 4.69) is 0 Å². The number of carbonyl (C=O) groups is 1. The Morgan fingerprint density at radius 2 is 1.60 bits per heavy atom. The molecule has 0 amide bonds. The van der Waals surface area contributed by atoms with Gasteiger partial charge in [-0.15, -0.1) is 0 Å². The summed E-state index contributed by atoms with van der Waals surface area (Å²) >= 11 is 0. The van der Waals surface area contributed by atoms with Gasteiger partial charge < -0.3 is 4.42 Å². The number of para-hydroxylation sites is 1. The van der Waals surface area contributed by atoms with Crippen molar-refractivity contribution in [1.29, 1.82) is 0 Å². The molecular weight excluding hydrogens is 248 g/mol. The van der Waals surface area contributed by atoms with Gasteiger partial charge in [0.1, 0.15) is 11.2 Å². The number of furan rings is 1. The van der Waals surface area contributed by atoms with Crippen molar-refractivity contribution < 1.29 is 9.21 Å². The Kier molecular flexibility index (Phi) is 4.23. The highest BCUT2D eigenvalue weighted by atomic mass is 16.3. The number of rotatable bonds is 2. The lowest BCUT2D eigenvalue weighted by atomic mass is 9.99. The van der Waals surface area contributed by atoms with Gasteiger partial charge in [-0.3, -0.25) is 4.79 Å². The third kappa shape index (κ3) is 2.46. The molecule has 0 aliphatic heterocycles. The zero-order chi connectivity index (χ0) is 14.7. The van der Waals surface area contributed by atoms with Crippen molar-refractivity contribution in [2.24, 2.45) is 5.92 Å². The van der Waals surface area contributed by atoms with Crippen molar-refractivity contribution in [3.63, 3.8) is 0 Å². The Balaban J connectivity index is 0.000000704. The summed E-state index contributed by atoms with van der Waals surface area (Å²) in [5, 5.41) is 2.07. The van der Waals surface area contributed by atoms with Crippen LogP contribution in [0.15, 0.2) is 46.9 Å². The van der Waals surface area contributed by atoms with Crippen LogP contribution in [0.5, 0.6) is 0 Å². The highest BCUT2D eigenvalue weighted by Gasteiger charge is 2.13. The molecule has 0 aliphatic rings. The maximum Gasteiger partial charge on any atom is 0.165 e. The first kappa shape index (κ1) is 14.3. The number of carbonyl (C=O) groups excluding carboxylic acids is 1. The van der Waals surface area contributed by atoms with E-state index in [1.807, 2.05) is 70.2 Å². The Labute approximate surface area is 119 Å². The third-order valence-electron chi connectivity index (χ3n) is 3.19. The first-order valence-electron chi connectivity index (χ1n) is 7.12. The average molecular weight is 268 g/mol. The van der Waals surface area contributed by atoms with Gasteiger partial charge in [-0.1, -0.05) is 45.9 Å². The lowest BCUT2D eigenvalue weighted by molar-refractivity contribution is 0.0939. The zero-order valence-corrected chi connectivity index (χ0v) is 12.4. The molecule has 3 aromatic rings. The van der Waals surface area contributed by atoms with Gasteiger partial charge in [0.2, 0.25) is 0 Å². The molecule has 2 aromatic carbocycles. The molecular formula is C18H20O2. The molecule has 0 bridgehead atoms. The minimum atomic E-state index is 0.0145. The third-order valence-corrected chi connectivity index (χ3v) is 3.19. The van der Waals surface area contributed by atoms with Gasteiger partial charge in [0.05, 0.1) is 0 Å². The van der Waals surface area contributed by atoms with Crippen molar-refractivity contribution in [2.45, 2.75) is 27.7 Å². The number of fused-ring (bicyclic) bond motifs is 3. The van der Waals surface area contributed by atoms with Crippen LogP contribution < -0.4 is 0 Å². The second-order valence-electron chi connectivity index (χ2n) is 4.83. The van der Waals surface area contributed by atoms with Gasteiger partial charge in [0.15, 0.2) is 5.78 Å². The average Bonchev–Trinajstić information content (AvgIpc) is 2.86. The summed E-state index contributed by atoms with van der Waals surface area (Å²) in [6.07, 6.45) is 0. The Morgan fingerprint density at radius 1 is 0.950 bits per heavy atom. The molecule has 0 spiro atoms. The summed E-state index contributed by atoms with van der Waals surface area (Å²) in [5.74, 6) is 0.183. The van der Waals surface area contributed by atoms with Crippen LogP contribution in [-0.4, -0.2) is 5.78 Å². The fraction of sp³-hybridized carbons (Fsp3) is 0.278. The Morgan fingerprint density at radius 3 is 2.30 bits per heavy atom. The highest BCUT2D eigenvalue weighted by molar-refractivity contribution is 6.08. The van der Waals surface area contributed by atoms with Gasteiger partial charge in [-0.05, 0) is 24.3 Å².